The number of unbranched alkanes of at least 4 members (excludes halogenated alkanes) is 4. The summed E-state index contributed by atoms with van der Waals surface area (Å²) in [6.45, 7) is 5.77. The van der Waals surface area contributed by atoms with Crippen LogP contribution in [0.25, 0.3) is 21.8 Å². The molecule has 0 spiro atoms. The molecule has 0 bridgehead atoms. The van der Waals surface area contributed by atoms with Gasteiger partial charge in [0.1, 0.15) is 6.04 Å². The highest BCUT2D eigenvalue weighted by molar-refractivity contribution is 6.00. The first-order chi connectivity index (χ1) is 18.1. The molecule has 194 valence electrons. The van der Waals surface area contributed by atoms with Crippen LogP contribution in [-0.4, -0.2) is 45.8 Å². The van der Waals surface area contributed by atoms with Gasteiger partial charge < -0.3 is 15.2 Å². The number of aromatic nitrogens is 2. The Morgan fingerprint density at radius 3 is 2.41 bits per heavy atom. The maximum absolute atomic E-state index is 14.0. The molecule has 0 saturated heterocycles. The number of hydrogen-bond donors (Lipinski definition) is 2. The summed E-state index contributed by atoms with van der Waals surface area (Å²) in [6.07, 6.45) is 10.3. The molecule has 2 amide bonds. The number of fused-ring (bicyclic) bond motifs is 2. The topological polar surface area (TPSA) is 78.1 Å². The fraction of sp³-hybridized carbons (Fsp3) is 0.387. The van der Waals surface area contributed by atoms with Gasteiger partial charge in [-0.15, -0.1) is 0 Å². The van der Waals surface area contributed by atoms with Gasteiger partial charge in [-0.1, -0.05) is 75.9 Å². The Labute approximate surface area is 219 Å². The van der Waals surface area contributed by atoms with E-state index in [1.807, 2.05) is 59.6 Å². The highest BCUT2D eigenvalue weighted by Gasteiger charge is 2.27. The van der Waals surface area contributed by atoms with Crippen molar-refractivity contribution in [2.75, 3.05) is 13.1 Å². The van der Waals surface area contributed by atoms with E-state index in [1.54, 1.807) is 6.20 Å². The van der Waals surface area contributed by atoms with Gasteiger partial charge in [0, 0.05) is 48.2 Å². The maximum Gasteiger partial charge on any atom is 0.253 e. The number of hydrogen-bond acceptors (Lipinski definition) is 3. The third kappa shape index (κ3) is 6.76. The minimum atomic E-state index is -0.665. The molecule has 0 aliphatic rings. The lowest BCUT2D eigenvalue weighted by Crippen LogP contribution is -2.50. The van der Waals surface area contributed by atoms with E-state index in [0.29, 0.717) is 25.1 Å². The second-order valence-electron chi connectivity index (χ2n) is 9.75. The number of nitrogens with zero attached hydrogens (tertiary/aromatic N) is 2. The van der Waals surface area contributed by atoms with Crippen LogP contribution >= 0.6 is 0 Å². The fourth-order valence-corrected chi connectivity index (χ4v) is 4.82. The Hall–Kier alpha value is -3.67. The Morgan fingerprint density at radius 1 is 0.946 bits per heavy atom. The summed E-state index contributed by atoms with van der Waals surface area (Å²) in [6, 6.07) is 17.0. The van der Waals surface area contributed by atoms with Crippen molar-refractivity contribution in [2.24, 2.45) is 0 Å². The van der Waals surface area contributed by atoms with E-state index in [2.05, 4.69) is 35.2 Å². The van der Waals surface area contributed by atoms with E-state index in [9.17, 15) is 9.59 Å². The lowest BCUT2D eigenvalue weighted by molar-refractivity contribution is -0.133. The van der Waals surface area contributed by atoms with Gasteiger partial charge in [0.05, 0.1) is 11.1 Å². The summed E-state index contributed by atoms with van der Waals surface area (Å²) >= 11 is 0. The molecule has 0 aliphatic carbocycles. The highest BCUT2D eigenvalue weighted by Crippen LogP contribution is 2.21. The largest absolute Gasteiger partial charge is 0.361 e. The normalized spacial score (nSPS) is 12.1. The van der Waals surface area contributed by atoms with Gasteiger partial charge in [-0.05, 0) is 36.6 Å². The molecule has 2 heterocycles. The molecule has 0 unspecified atom stereocenters. The van der Waals surface area contributed by atoms with E-state index in [0.717, 1.165) is 65.9 Å². The Bertz CT molecular complexity index is 1320. The number of aromatic amines is 1. The zero-order chi connectivity index (χ0) is 26.0. The summed E-state index contributed by atoms with van der Waals surface area (Å²) in [4.78, 5) is 37.1. The minimum Gasteiger partial charge on any atom is -0.361 e. The minimum absolute atomic E-state index is 0.0143. The number of pyridine rings is 1. The molecular formula is C31H38N4O2. The van der Waals surface area contributed by atoms with E-state index >= 15 is 0 Å². The van der Waals surface area contributed by atoms with Crippen LogP contribution in [0.1, 0.15) is 68.3 Å². The number of H-pyrrole nitrogens is 1. The highest BCUT2D eigenvalue weighted by atomic mass is 16.2. The Morgan fingerprint density at radius 2 is 1.65 bits per heavy atom. The molecule has 0 fully saturated rings. The lowest BCUT2D eigenvalue weighted by Gasteiger charge is -2.28. The van der Waals surface area contributed by atoms with Crippen molar-refractivity contribution in [3.05, 3.63) is 78.1 Å². The first kappa shape index (κ1) is 26.4. The van der Waals surface area contributed by atoms with E-state index in [-0.39, 0.29) is 11.8 Å². The third-order valence-electron chi connectivity index (χ3n) is 6.93. The molecule has 4 rings (SSSR count). The molecule has 2 N–H and O–H groups in total. The van der Waals surface area contributed by atoms with Crippen molar-refractivity contribution in [1.82, 2.24) is 20.2 Å². The summed E-state index contributed by atoms with van der Waals surface area (Å²) in [5.74, 6) is -0.293. The molecule has 37 heavy (non-hydrogen) atoms. The molecular weight excluding hydrogens is 460 g/mol. The third-order valence-corrected chi connectivity index (χ3v) is 6.93. The average molecular weight is 499 g/mol. The predicted molar refractivity (Wildman–Crippen MR) is 151 cm³/mol. The van der Waals surface area contributed by atoms with Crippen molar-refractivity contribution < 1.29 is 9.59 Å². The van der Waals surface area contributed by atoms with Crippen LogP contribution in [0.3, 0.4) is 0 Å². The quantitative estimate of drug-likeness (QED) is 0.213. The number of benzene rings is 2. The van der Waals surface area contributed by atoms with Crippen LogP contribution in [-0.2, 0) is 11.2 Å². The van der Waals surface area contributed by atoms with Crippen LogP contribution in [0.2, 0.25) is 0 Å². The van der Waals surface area contributed by atoms with Gasteiger partial charge in [0.15, 0.2) is 0 Å². The summed E-state index contributed by atoms with van der Waals surface area (Å²) in [5, 5.41) is 5.05. The lowest BCUT2D eigenvalue weighted by atomic mass is 10.0. The van der Waals surface area contributed by atoms with Crippen LogP contribution in [0, 0.1) is 0 Å². The van der Waals surface area contributed by atoms with Gasteiger partial charge in [0.25, 0.3) is 5.91 Å². The summed E-state index contributed by atoms with van der Waals surface area (Å²) in [5.41, 5.74) is 3.34. The Kier molecular flexibility index (Phi) is 9.30. The zero-order valence-electron chi connectivity index (χ0n) is 22.0. The SMILES string of the molecule is CCCCCN(CCCCC)C(=O)[C@H](Cc1c[nH]c2ccccc12)NC(=O)c1cnc2ccccc2c1. The number of amides is 2. The van der Waals surface area contributed by atoms with Gasteiger partial charge in [-0.25, -0.2) is 0 Å². The zero-order valence-corrected chi connectivity index (χ0v) is 22.0. The molecule has 2 aromatic heterocycles. The van der Waals surface area contributed by atoms with E-state index in [4.69, 9.17) is 0 Å². The first-order valence-electron chi connectivity index (χ1n) is 13.6. The van der Waals surface area contributed by atoms with Crippen LogP contribution in [0.4, 0.5) is 0 Å². The number of nitrogens with one attached hydrogen (secondary N) is 2. The maximum atomic E-state index is 14.0. The molecule has 4 aromatic rings. The number of carbonyl (C=O) groups excluding carboxylic acids is 2. The molecule has 0 saturated carbocycles. The predicted octanol–water partition coefficient (Wildman–Crippen LogP) is 6.27. The molecule has 1 atom stereocenters. The van der Waals surface area contributed by atoms with Crippen LogP contribution in [0.5, 0.6) is 0 Å². The molecule has 6 nitrogen and oxygen atoms in total. The van der Waals surface area contributed by atoms with Crippen molar-refractivity contribution in [3.63, 3.8) is 0 Å². The summed E-state index contributed by atoms with van der Waals surface area (Å²) < 4.78 is 0. The smallest absolute Gasteiger partial charge is 0.253 e. The number of rotatable bonds is 13. The van der Waals surface area contributed by atoms with Gasteiger partial charge >= 0.3 is 0 Å². The van der Waals surface area contributed by atoms with Crippen molar-refractivity contribution in [3.8, 4) is 0 Å². The standard InChI is InChI=1S/C31H38N4O2/c1-3-5-11-17-35(18-12-6-4-2)31(37)29(20-24-21-33-28-16-10-8-14-26(24)28)34-30(36)25-19-23-13-7-9-15-27(23)32-22-25/h7-10,13-16,19,21-22,29,33H,3-6,11-12,17-18,20H2,1-2H3,(H,34,36)/t29-/m0/s1. The van der Waals surface area contributed by atoms with E-state index in [1.165, 1.54) is 0 Å². The van der Waals surface area contributed by atoms with E-state index < -0.39 is 6.04 Å². The second kappa shape index (κ2) is 13.0. The van der Waals surface area contributed by atoms with Crippen molar-refractivity contribution >= 4 is 33.6 Å². The number of para-hydroxylation sites is 2. The van der Waals surface area contributed by atoms with Crippen LogP contribution in [0.15, 0.2) is 67.0 Å². The first-order valence-corrected chi connectivity index (χ1v) is 13.6. The van der Waals surface area contributed by atoms with Crippen molar-refractivity contribution in [1.29, 1.82) is 0 Å². The average Bonchev–Trinajstić information content (AvgIpc) is 3.34. The van der Waals surface area contributed by atoms with Gasteiger partial charge in [0.2, 0.25) is 5.91 Å². The van der Waals surface area contributed by atoms with Gasteiger partial charge in [-0.2, -0.15) is 0 Å². The summed E-state index contributed by atoms with van der Waals surface area (Å²) in [7, 11) is 0. The Balaban J connectivity index is 1.60. The number of carbonyl (C=O) groups is 2. The monoisotopic (exact) mass is 498 g/mol. The van der Waals surface area contributed by atoms with Gasteiger partial charge in [-0.3, -0.25) is 14.6 Å². The molecule has 6 heteroatoms. The second-order valence-corrected chi connectivity index (χ2v) is 9.75. The molecule has 0 aliphatic heterocycles. The fourth-order valence-electron chi connectivity index (χ4n) is 4.82. The van der Waals surface area contributed by atoms with Crippen molar-refractivity contribution in [2.45, 2.75) is 64.8 Å². The molecule has 2 aromatic carbocycles. The van der Waals surface area contributed by atoms with Crippen LogP contribution < -0.4 is 5.32 Å². The molecule has 0 radical (unpaired) electrons.